The first-order chi connectivity index (χ1) is 11.3. The Hall–Kier alpha value is -1.47. The van der Waals surface area contributed by atoms with E-state index in [4.69, 9.17) is 4.74 Å². The van der Waals surface area contributed by atoms with Gasteiger partial charge in [0.25, 0.3) is 0 Å². The predicted molar refractivity (Wildman–Crippen MR) is 88.5 cm³/mol. The zero-order valence-electron chi connectivity index (χ0n) is 14.0. The fourth-order valence-corrected chi connectivity index (χ4v) is 4.66. The van der Waals surface area contributed by atoms with Gasteiger partial charge in [-0.15, -0.1) is 0 Å². The topological polar surface area (TPSA) is 72.5 Å². The SMILES string of the molecule is COC(=O)[C@H](CC1CCCCC1)NS(=O)(=O)c1cc(F)ccc1C. The van der Waals surface area contributed by atoms with Crippen molar-refractivity contribution in [2.45, 2.75) is 56.4 Å². The molecule has 1 atom stereocenters. The largest absolute Gasteiger partial charge is 0.468 e. The molecule has 1 saturated carbocycles. The van der Waals surface area contributed by atoms with Gasteiger partial charge in [0.2, 0.25) is 10.0 Å². The van der Waals surface area contributed by atoms with Gasteiger partial charge in [-0.2, -0.15) is 4.72 Å². The Labute approximate surface area is 142 Å². The number of hydrogen-bond donors (Lipinski definition) is 1. The summed E-state index contributed by atoms with van der Waals surface area (Å²) in [5.74, 6) is -0.958. The molecule has 1 aliphatic carbocycles. The Morgan fingerprint density at radius 2 is 2.00 bits per heavy atom. The fraction of sp³-hybridized carbons (Fsp3) is 0.588. The third-order valence-corrected chi connectivity index (χ3v) is 6.13. The van der Waals surface area contributed by atoms with Gasteiger partial charge in [0.1, 0.15) is 11.9 Å². The number of nitrogens with one attached hydrogen (secondary N) is 1. The van der Waals surface area contributed by atoms with Crippen LogP contribution >= 0.6 is 0 Å². The van der Waals surface area contributed by atoms with Gasteiger partial charge in [-0.25, -0.2) is 12.8 Å². The zero-order chi connectivity index (χ0) is 17.7. The normalized spacial score (nSPS) is 17.5. The van der Waals surface area contributed by atoms with Crippen molar-refractivity contribution in [1.82, 2.24) is 4.72 Å². The van der Waals surface area contributed by atoms with Gasteiger partial charge in [0.15, 0.2) is 0 Å². The van der Waals surface area contributed by atoms with Gasteiger partial charge < -0.3 is 4.74 Å². The van der Waals surface area contributed by atoms with Crippen LogP contribution in [0.3, 0.4) is 0 Å². The molecule has 0 saturated heterocycles. The molecule has 1 fully saturated rings. The highest BCUT2D eigenvalue weighted by atomic mass is 32.2. The summed E-state index contributed by atoms with van der Waals surface area (Å²) in [5, 5.41) is 0. The maximum atomic E-state index is 13.4. The van der Waals surface area contributed by atoms with Crippen molar-refractivity contribution < 1.29 is 22.3 Å². The zero-order valence-corrected chi connectivity index (χ0v) is 14.9. The number of halogens is 1. The molecule has 2 rings (SSSR count). The van der Waals surface area contributed by atoms with Crippen LogP contribution in [-0.2, 0) is 19.6 Å². The van der Waals surface area contributed by atoms with Gasteiger partial charge in [0, 0.05) is 0 Å². The maximum Gasteiger partial charge on any atom is 0.323 e. The van der Waals surface area contributed by atoms with Gasteiger partial charge in [0.05, 0.1) is 12.0 Å². The first-order valence-electron chi connectivity index (χ1n) is 8.20. The van der Waals surface area contributed by atoms with E-state index in [1.165, 1.54) is 25.7 Å². The van der Waals surface area contributed by atoms with Crippen molar-refractivity contribution >= 4 is 16.0 Å². The molecule has 134 valence electrons. The number of carbonyl (C=O) groups excluding carboxylic acids is 1. The van der Waals surface area contributed by atoms with Crippen molar-refractivity contribution in [2.75, 3.05) is 7.11 Å². The Morgan fingerprint density at radius 1 is 1.33 bits per heavy atom. The number of esters is 1. The molecule has 0 heterocycles. The lowest BCUT2D eigenvalue weighted by Crippen LogP contribution is -2.43. The summed E-state index contributed by atoms with van der Waals surface area (Å²) in [4.78, 5) is 11.9. The molecule has 5 nitrogen and oxygen atoms in total. The first-order valence-corrected chi connectivity index (χ1v) is 9.68. The molecule has 0 radical (unpaired) electrons. The first kappa shape index (κ1) is 18.9. The van der Waals surface area contributed by atoms with E-state index < -0.39 is 27.9 Å². The van der Waals surface area contributed by atoms with E-state index in [2.05, 4.69) is 4.72 Å². The quantitative estimate of drug-likeness (QED) is 0.795. The second kappa shape index (κ2) is 8.07. The molecule has 1 aliphatic rings. The summed E-state index contributed by atoms with van der Waals surface area (Å²) in [7, 11) is -2.78. The maximum absolute atomic E-state index is 13.4. The summed E-state index contributed by atoms with van der Waals surface area (Å²) >= 11 is 0. The molecule has 1 N–H and O–H groups in total. The number of methoxy groups -OCH3 is 1. The smallest absolute Gasteiger partial charge is 0.323 e. The van der Waals surface area contributed by atoms with Crippen LogP contribution in [0.5, 0.6) is 0 Å². The van der Waals surface area contributed by atoms with Crippen LogP contribution in [0, 0.1) is 18.7 Å². The minimum atomic E-state index is -4.01. The van der Waals surface area contributed by atoms with Crippen LogP contribution in [-0.4, -0.2) is 27.5 Å². The van der Waals surface area contributed by atoms with Gasteiger partial charge >= 0.3 is 5.97 Å². The van der Waals surface area contributed by atoms with Crippen molar-refractivity contribution in [1.29, 1.82) is 0 Å². The Kier molecular flexibility index (Phi) is 6.34. The molecule has 0 spiro atoms. The van der Waals surface area contributed by atoms with Crippen LogP contribution in [0.2, 0.25) is 0 Å². The van der Waals surface area contributed by atoms with Crippen LogP contribution in [0.4, 0.5) is 4.39 Å². The van der Waals surface area contributed by atoms with E-state index in [1.54, 1.807) is 6.92 Å². The predicted octanol–water partition coefficient (Wildman–Crippen LogP) is 2.92. The van der Waals surface area contributed by atoms with Crippen LogP contribution < -0.4 is 4.72 Å². The van der Waals surface area contributed by atoms with Crippen molar-refractivity contribution in [3.8, 4) is 0 Å². The summed E-state index contributed by atoms with van der Waals surface area (Å²) in [6, 6.07) is 2.62. The molecule has 1 aromatic carbocycles. The minimum absolute atomic E-state index is 0.153. The van der Waals surface area contributed by atoms with E-state index >= 15 is 0 Å². The lowest BCUT2D eigenvalue weighted by molar-refractivity contribution is -0.143. The monoisotopic (exact) mass is 357 g/mol. The summed E-state index contributed by atoms with van der Waals surface area (Å²) < 4.78 is 45.8. The van der Waals surface area contributed by atoms with E-state index in [9.17, 15) is 17.6 Å². The highest BCUT2D eigenvalue weighted by Crippen LogP contribution is 2.28. The average molecular weight is 357 g/mol. The lowest BCUT2D eigenvalue weighted by Gasteiger charge is -2.25. The number of benzene rings is 1. The molecule has 24 heavy (non-hydrogen) atoms. The highest BCUT2D eigenvalue weighted by molar-refractivity contribution is 7.89. The van der Waals surface area contributed by atoms with Gasteiger partial charge in [-0.1, -0.05) is 38.2 Å². The van der Waals surface area contributed by atoms with Crippen LogP contribution in [0.25, 0.3) is 0 Å². The number of carbonyl (C=O) groups is 1. The van der Waals surface area contributed by atoms with Crippen LogP contribution in [0.1, 0.15) is 44.1 Å². The molecule has 0 amide bonds. The van der Waals surface area contributed by atoms with Crippen LogP contribution in [0.15, 0.2) is 23.1 Å². The van der Waals surface area contributed by atoms with E-state index in [-0.39, 0.29) is 4.90 Å². The van der Waals surface area contributed by atoms with Crippen molar-refractivity contribution in [3.05, 3.63) is 29.6 Å². The molecule has 0 aliphatic heterocycles. The van der Waals surface area contributed by atoms with E-state index in [1.807, 2.05) is 0 Å². The summed E-state index contributed by atoms with van der Waals surface area (Å²) in [6.45, 7) is 1.59. The number of aryl methyl sites for hydroxylation is 1. The summed E-state index contributed by atoms with van der Waals surface area (Å²) in [6.07, 6.45) is 5.72. The minimum Gasteiger partial charge on any atom is -0.468 e. The molecular weight excluding hydrogens is 333 g/mol. The Morgan fingerprint density at radius 3 is 2.62 bits per heavy atom. The van der Waals surface area contributed by atoms with Crippen molar-refractivity contribution in [2.24, 2.45) is 5.92 Å². The Balaban J connectivity index is 2.20. The third-order valence-electron chi connectivity index (χ3n) is 4.52. The van der Waals surface area contributed by atoms with Gasteiger partial charge in [-0.3, -0.25) is 4.79 Å². The second-order valence-electron chi connectivity index (χ2n) is 6.35. The third kappa shape index (κ3) is 4.77. The highest BCUT2D eigenvalue weighted by Gasteiger charge is 2.30. The molecule has 0 aromatic heterocycles. The molecular formula is C17H24FNO4S. The molecule has 0 bridgehead atoms. The van der Waals surface area contributed by atoms with E-state index in [0.717, 1.165) is 31.7 Å². The second-order valence-corrected chi connectivity index (χ2v) is 8.03. The Bertz CT molecular complexity index is 684. The lowest BCUT2D eigenvalue weighted by atomic mass is 9.85. The molecule has 7 heteroatoms. The van der Waals surface area contributed by atoms with Crippen molar-refractivity contribution in [3.63, 3.8) is 0 Å². The number of ether oxygens (including phenoxy) is 1. The standard InChI is InChI=1S/C17H24FNO4S/c1-12-8-9-14(18)11-16(12)24(21,22)19-15(17(20)23-2)10-13-6-4-3-5-7-13/h8-9,11,13,15,19H,3-7,10H2,1-2H3/t15-/m0/s1. The molecule has 1 aromatic rings. The average Bonchev–Trinajstić information content (AvgIpc) is 2.56. The number of sulfonamides is 1. The van der Waals surface area contributed by atoms with Gasteiger partial charge in [-0.05, 0) is 37.0 Å². The van der Waals surface area contributed by atoms with E-state index in [0.29, 0.717) is 17.9 Å². The fourth-order valence-electron chi connectivity index (χ4n) is 3.21. The number of hydrogen-bond acceptors (Lipinski definition) is 4. The molecule has 0 unspecified atom stereocenters. The number of rotatable bonds is 6. The summed E-state index contributed by atoms with van der Waals surface area (Å²) in [5.41, 5.74) is 0.421.